The highest BCUT2D eigenvalue weighted by Gasteiger charge is 2.22. The SMILES string of the molecule is O=C(CSc1nnc(-c2ccc(Cl)cc2)n1Cc1ccco1)N[C@H]1CCCc2ccccc21. The summed E-state index contributed by atoms with van der Waals surface area (Å²) in [4.78, 5) is 12.8. The summed E-state index contributed by atoms with van der Waals surface area (Å²) in [5, 5.41) is 13.3. The van der Waals surface area contributed by atoms with Crippen molar-refractivity contribution in [1.29, 1.82) is 0 Å². The quantitative estimate of drug-likeness (QED) is 0.354. The lowest BCUT2D eigenvalue weighted by Crippen LogP contribution is -2.32. The largest absolute Gasteiger partial charge is 0.467 e. The molecule has 8 heteroatoms. The number of amides is 1. The van der Waals surface area contributed by atoms with Crippen LogP contribution in [0.25, 0.3) is 11.4 Å². The first-order valence-corrected chi connectivity index (χ1v) is 12.3. The zero-order valence-corrected chi connectivity index (χ0v) is 19.5. The first kappa shape index (κ1) is 21.8. The molecule has 0 saturated carbocycles. The van der Waals surface area contributed by atoms with E-state index in [-0.39, 0.29) is 17.7 Å². The summed E-state index contributed by atoms with van der Waals surface area (Å²) in [7, 11) is 0. The molecule has 0 fully saturated rings. The van der Waals surface area contributed by atoms with Gasteiger partial charge in [0.1, 0.15) is 5.76 Å². The van der Waals surface area contributed by atoms with Crippen molar-refractivity contribution in [2.45, 2.75) is 37.0 Å². The Kier molecular flexibility index (Phi) is 6.51. The molecular formula is C25H23ClN4O2S. The molecule has 0 aliphatic heterocycles. The van der Waals surface area contributed by atoms with Crippen molar-refractivity contribution in [3.05, 3.63) is 88.8 Å². The van der Waals surface area contributed by atoms with Crippen molar-refractivity contribution in [3.8, 4) is 11.4 Å². The molecule has 0 bridgehead atoms. The van der Waals surface area contributed by atoms with Crippen LogP contribution in [0, 0.1) is 0 Å². The molecule has 33 heavy (non-hydrogen) atoms. The van der Waals surface area contributed by atoms with Gasteiger partial charge in [-0.25, -0.2) is 0 Å². The number of hydrogen-bond donors (Lipinski definition) is 1. The first-order valence-electron chi connectivity index (χ1n) is 10.9. The van der Waals surface area contributed by atoms with Crippen LogP contribution in [-0.4, -0.2) is 26.4 Å². The van der Waals surface area contributed by atoms with Crippen molar-refractivity contribution >= 4 is 29.3 Å². The van der Waals surface area contributed by atoms with Gasteiger partial charge in [-0.3, -0.25) is 9.36 Å². The Hall–Kier alpha value is -3.03. The zero-order valence-electron chi connectivity index (χ0n) is 17.9. The molecule has 6 nitrogen and oxygen atoms in total. The number of rotatable bonds is 7. The summed E-state index contributed by atoms with van der Waals surface area (Å²) in [5.74, 6) is 1.74. The second-order valence-corrected chi connectivity index (χ2v) is 9.36. The van der Waals surface area contributed by atoms with E-state index < -0.39 is 0 Å². The van der Waals surface area contributed by atoms with Gasteiger partial charge in [0.15, 0.2) is 11.0 Å². The Bertz CT molecular complexity index is 1240. The summed E-state index contributed by atoms with van der Waals surface area (Å²) < 4.78 is 7.51. The number of aromatic nitrogens is 3. The van der Waals surface area contributed by atoms with Gasteiger partial charge in [-0.15, -0.1) is 10.2 Å². The van der Waals surface area contributed by atoms with Crippen LogP contribution in [0.5, 0.6) is 0 Å². The zero-order chi connectivity index (χ0) is 22.6. The van der Waals surface area contributed by atoms with E-state index >= 15 is 0 Å². The number of hydrogen-bond acceptors (Lipinski definition) is 5. The Morgan fingerprint density at radius 3 is 2.79 bits per heavy atom. The van der Waals surface area contributed by atoms with Gasteiger partial charge in [0.05, 0.1) is 24.6 Å². The van der Waals surface area contributed by atoms with Crippen LogP contribution < -0.4 is 5.32 Å². The normalized spacial score (nSPS) is 15.2. The molecule has 2 heterocycles. The molecule has 1 N–H and O–H groups in total. The molecule has 168 valence electrons. The van der Waals surface area contributed by atoms with Crippen molar-refractivity contribution < 1.29 is 9.21 Å². The average Bonchev–Trinajstić information content (AvgIpc) is 3.49. The fourth-order valence-corrected chi connectivity index (χ4v) is 5.05. The fourth-order valence-electron chi connectivity index (χ4n) is 4.18. The molecule has 0 spiro atoms. The van der Waals surface area contributed by atoms with Gasteiger partial charge in [0.25, 0.3) is 0 Å². The van der Waals surface area contributed by atoms with Crippen LogP contribution in [-0.2, 0) is 17.8 Å². The second kappa shape index (κ2) is 9.85. The van der Waals surface area contributed by atoms with Gasteiger partial charge in [-0.2, -0.15) is 0 Å². The lowest BCUT2D eigenvalue weighted by molar-refractivity contribution is -0.119. The van der Waals surface area contributed by atoms with Crippen LogP contribution in [0.15, 0.2) is 76.5 Å². The fraction of sp³-hybridized carbons (Fsp3) is 0.240. The van der Waals surface area contributed by atoms with Crippen LogP contribution in [0.4, 0.5) is 0 Å². The van der Waals surface area contributed by atoms with E-state index in [1.54, 1.807) is 6.26 Å². The molecule has 0 unspecified atom stereocenters. The van der Waals surface area contributed by atoms with E-state index in [9.17, 15) is 4.79 Å². The Balaban J connectivity index is 1.32. The topological polar surface area (TPSA) is 73.0 Å². The van der Waals surface area contributed by atoms with Crippen LogP contribution in [0.3, 0.4) is 0 Å². The number of carbonyl (C=O) groups excluding carboxylic acids is 1. The number of nitrogens with one attached hydrogen (secondary N) is 1. The van der Waals surface area contributed by atoms with Crippen LogP contribution >= 0.6 is 23.4 Å². The summed E-state index contributed by atoms with van der Waals surface area (Å²) >= 11 is 7.42. The van der Waals surface area contributed by atoms with Crippen LogP contribution in [0.1, 0.15) is 35.8 Å². The molecule has 2 aromatic heterocycles. The van der Waals surface area contributed by atoms with Gasteiger partial charge < -0.3 is 9.73 Å². The van der Waals surface area contributed by atoms with E-state index in [0.717, 1.165) is 30.6 Å². The molecule has 0 radical (unpaired) electrons. The molecule has 1 atom stereocenters. The van der Waals surface area contributed by atoms with Crippen molar-refractivity contribution in [2.75, 3.05) is 5.75 Å². The van der Waals surface area contributed by atoms with Gasteiger partial charge >= 0.3 is 0 Å². The standard InChI is InChI=1S/C25H23ClN4O2S/c26-19-12-10-18(11-13-19)24-28-29-25(30(24)15-20-7-4-14-32-20)33-16-23(31)27-22-9-3-6-17-5-1-2-8-21(17)22/h1-2,4-5,7-8,10-14,22H,3,6,9,15-16H2,(H,27,31)/t22-/m0/s1. The summed E-state index contributed by atoms with van der Waals surface area (Å²) in [6.07, 6.45) is 4.75. The second-order valence-electron chi connectivity index (χ2n) is 7.98. The maximum absolute atomic E-state index is 12.8. The number of fused-ring (bicyclic) bond motifs is 1. The van der Waals surface area contributed by atoms with Gasteiger partial charge in [-0.05, 0) is 66.8 Å². The highest BCUT2D eigenvalue weighted by Crippen LogP contribution is 2.30. The van der Waals surface area contributed by atoms with E-state index in [1.807, 2.05) is 47.0 Å². The maximum Gasteiger partial charge on any atom is 0.230 e. The van der Waals surface area contributed by atoms with Crippen molar-refractivity contribution in [3.63, 3.8) is 0 Å². The molecular weight excluding hydrogens is 456 g/mol. The summed E-state index contributed by atoms with van der Waals surface area (Å²) in [6.45, 7) is 0.470. The Labute approximate surface area is 201 Å². The highest BCUT2D eigenvalue weighted by atomic mass is 35.5. The van der Waals surface area contributed by atoms with Crippen LogP contribution in [0.2, 0.25) is 5.02 Å². The smallest absolute Gasteiger partial charge is 0.230 e. The number of nitrogens with zero attached hydrogens (tertiary/aromatic N) is 3. The highest BCUT2D eigenvalue weighted by molar-refractivity contribution is 7.99. The minimum atomic E-state index is -0.0118. The number of aryl methyl sites for hydroxylation is 1. The number of carbonyl (C=O) groups is 1. The van der Waals surface area contributed by atoms with E-state index in [2.05, 4.69) is 33.7 Å². The Morgan fingerprint density at radius 1 is 1.12 bits per heavy atom. The molecule has 2 aromatic carbocycles. The monoisotopic (exact) mass is 478 g/mol. The third-order valence-corrected chi connectivity index (χ3v) is 6.97. The number of benzene rings is 2. The van der Waals surface area contributed by atoms with E-state index in [0.29, 0.717) is 22.5 Å². The van der Waals surface area contributed by atoms with Crippen molar-refractivity contribution in [2.24, 2.45) is 0 Å². The summed E-state index contributed by atoms with van der Waals surface area (Å²) in [5.41, 5.74) is 3.45. The molecule has 0 saturated heterocycles. The third kappa shape index (κ3) is 4.99. The van der Waals surface area contributed by atoms with Gasteiger partial charge in [0, 0.05) is 10.6 Å². The minimum absolute atomic E-state index is 0.0118. The Morgan fingerprint density at radius 2 is 1.97 bits per heavy atom. The average molecular weight is 479 g/mol. The molecule has 1 aliphatic carbocycles. The predicted octanol–water partition coefficient (Wildman–Crippen LogP) is 5.53. The first-order chi connectivity index (χ1) is 16.2. The lowest BCUT2D eigenvalue weighted by atomic mass is 9.88. The number of halogens is 1. The van der Waals surface area contributed by atoms with Gasteiger partial charge in [-0.1, -0.05) is 47.6 Å². The predicted molar refractivity (Wildman–Crippen MR) is 129 cm³/mol. The maximum atomic E-state index is 12.8. The molecule has 5 rings (SSSR count). The van der Waals surface area contributed by atoms with E-state index in [1.165, 1.54) is 22.9 Å². The lowest BCUT2D eigenvalue weighted by Gasteiger charge is -2.26. The minimum Gasteiger partial charge on any atom is -0.467 e. The number of furan rings is 1. The van der Waals surface area contributed by atoms with E-state index in [4.69, 9.17) is 16.0 Å². The van der Waals surface area contributed by atoms with Gasteiger partial charge in [0.2, 0.25) is 5.91 Å². The molecule has 1 amide bonds. The summed E-state index contributed by atoms with van der Waals surface area (Å²) in [6, 6.07) is 19.7. The number of thioether (sulfide) groups is 1. The molecule has 1 aliphatic rings. The molecule has 4 aromatic rings. The van der Waals surface area contributed by atoms with Crippen molar-refractivity contribution in [1.82, 2.24) is 20.1 Å². The third-order valence-electron chi connectivity index (χ3n) is 5.75.